The molecule has 1 aliphatic heterocycles. The third kappa shape index (κ3) is 2.88. The molecule has 5 nitrogen and oxygen atoms in total. The second-order valence-corrected chi connectivity index (χ2v) is 5.77. The van der Waals surface area contributed by atoms with Crippen LogP contribution in [0.25, 0.3) is 0 Å². The first-order valence-electron chi connectivity index (χ1n) is 6.71. The number of likely N-dealkylation sites (tertiary alicyclic amines) is 1. The van der Waals surface area contributed by atoms with E-state index in [4.69, 9.17) is 4.74 Å². The molecule has 1 amide bonds. The van der Waals surface area contributed by atoms with Crippen molar-refractivity contribution in [1.82, 2.24) is 4.90 Å². The highest BCUT2D eigenvalue weighted by Crippen LogP contribution is 2.30. The SMILES string of the molecule is COc1ccc(C(=O)N2CC[C@@H](C(C)(C)O)C2)c(O)c1. The van der Waals surface area contributed by atoms with Crippen molar-refractivity contribution in [3.8, 4) is 11.5 Å². The van der Waals surface area contributed by atoms with Gasteiger partial charge in [-0.1, -0.05) is 0 Å². The maximum atomic E-state index is 12.4. The van der Waals surface area contributed by atoms with Gasteiger partial charge < -0.3 is 19.8 Å². The van der Waals surface area contributed by atoms with E-state index in [1.54, 1.807) is 30.9 Å². The Hall–Kier alpha value is -1.75. The highest BCUT2D eigenvalue weighted by molar-refractivity contribution is 5.97. The van der Waals surface area contributed by atoms with Crippen LogP contribution in [0.15, 0.2) is 18.2 Å². The molecule has 0 unspecified atom stereocenters. The van der Waals surface area contributed by atoms with Gasteiger partial charge in [0.1, 0.15) is 11.5 Å². The quantitative estimate of drug-likeness (QED) is 0.882. The fourth-order valence-electron chi connectivity index (χ4n) is 2.51. The largest absolute Gasteiger partial charge is 0.507 e. The second kappa shape index (κ2) is 5.32. The highest BCUT2D eigenvalue weighted by atomic mass is 16.5. The van der Waals surface area contributed by atoms with E-state index >= 15 is 0 Å². The molecule has 1 saturated heterocycles. The Bertz CT molecular complexity index is 507. The Balaban J connectivity index is 2.13. The lowest BCUT2D eigenvalue weighted by molar-refractivity contribution is 0.0211. The number of aliphatic hydroxyl groups is 1. The van der Waals surface area contributed by atoms with Gasteiger partial charge in [-0.2, -0.15) is 0 Å². The first-order valence-corrected chi connectivity index (χ1v) is 6.71. The van der Waals surface area contributed by atoms with E-state index in [9.17, 15) is 15.0 Å². The van der Waals surface area contributed by atoms with Crippen LogP contribution in [-0.2, 0) is 0 Å². The van der Waals surface area contributed by atoms with Gasteiger partial charge in [-0.25, -0.2) is 0 Å². The summed E-state index contributed by atoms with van der Waals surface area (Å²) in [5.41, 5.74) is -0.529. The first-order chi connectivity index (χ1) is 9.32. The zero-order chi connectivity index (χ0) is 14.9. The second-order valence-electron chi connectivity index (χ2n) is 5.77. The summed E-state index contributed by atoms with van der Waals surface area (Å²) in [5, 5.41) is 19.9. The third-order valence-corrected chi connectivity index (χ3v) is 3.91. The number of benzene rings is 1. The number of methoxy groups -OCH3 is 1. The molecular formula is C15H21NO4. The van der Waals surface area contributed by atoms with Gasteiger partial charge in [0, 0.05) is 25.1 Å². The summed E-state index contributed by atoms with van der Waals surface area (Å²) in [5.74, 6) is 0.277. The van der Waals surface area contributed by atoms with Crippen LogP contribution < -0.4 is 4.74 Å². The van der Waals surface area contributed by atoms with Gasteiger partial charge >= 0.3 is 0 Å². The molecule has 1 fully saturated rings. The molecule has 20 heavy (non-hydrogen) atoms. The van der Waals surface area contributed by atoms with E-state index in [0.29, 0.717) is 18.8 Å². The minimum Gasteiger partial charge on any atom is -0.507 e. The average molecular weight is 279 g/mol. The number of hydrogen-bond acceptors (Lipinski definition) is 4. The smallest absolute Gasteiger partial charge is 0.257 e. The van der Waals surface area contributed by atoms with Crippen molar-refractivity contribution in [3.05, 3.63) is 23.8 Å². The molecule has 0 aliphatic carbocycles. The van der Waals surface area contributed by atoms with Crippen LogP contribution in [0.4, 0.5) is 0 Å². The molecule has 1 aromatic carbocycles. The minimum atomic E-state index is -0.795. The Morgan fingerprint density at radius 2 is 2.15 bits per heavy atom. The van der Waals surface area contributed by atoms with E-state index in [2.05, 4.69) is 0 Å². The molecule has 0 saturated carbocycles. The standard InChI is InChI=1S/C15H21NO4/c1-15(2,19)10-6-7-16(9-10)14(18)12-5-4-11(20-3)8-13(12)17/h4-5,8,10,17,19H,6-7,9H2,1-3H3/t10-/m1/s1. The molecule has 0 aromatic heterocycles. The van der Waals surface area contributed by atoms with Crippen molar-refractivity contribution in [1.29, 1.82) is 0 Å². The van der Waals surface area contributed by atoms with Crippen molar-refractivity contribution in [2.24, 2.45) is 5.92 Å². The summed E-state index contributed by atoms with van der Waals surface area (Å²) in [7, 11) is 1.50. The first kappa shape index (κ1) is 14.7. The lowest BCUT2D eigenvalue weighted by Crippen LogP contribution is -2.35. The number of phenolic OH excluding ortho intramolecular Hbond substituents is 1. The fourth-order valence-corrected chi connectivity index (χ4v) is 2.51. The summed E-state index contributed by atoms with van der Waals surface area (Å²) < 4.78 is 5.00. The Morgan fingerprint density at radius 3 is 2.65 bits per heavy atom. The maximum Gasteiger partial charge on any atom is 0.257 e. The van der Waals surface area contributed by atoms with Crippen molar-refractivity contribution in [2.45, 2.75) is 25.9 Å². The lowest BCUT2D eigenvalue weighted by atomic mass is 9.90. The molecule has 2 N–H and O–H groups in total. The average Bonchev–Trinajstić information content (AvgIpc) is 2.87. The van der Waals surface area contributed by atoms with Gasteiger partial charge in [-0.3, -0.25) is 4.79 Å². The Kier molecular flexibility index (Phi) is 3.90. The molecule has 110 valence electrons. The molecule has 0 bridgehead atoms. The summed E-state index contributed by atoms with van der Waals surface area (Å²) in [6.45, 7) is 4.62. The van der Waals surface area contributed by atoms with Gasteiger partial charge in [-0.05, 0) is 32.4 Å². The van der Waals surface area contributed by atoms with Crippen LogP contribution in [0.3, 0.4) is 0 Å². The third-order valence-electron chi connectivity index (χ3n) is 3.91. The van der Waals surface area contributed by atoms with Crippen LogP contribution in [0.5, 0.6) is 11.5 Å². The molecular weight excluding hydrogens is 258 g/mol. The molecule has 1 heterocycles. The number of hydrogen-bond donors (Lipinski definition) is 2. The topological polar surface area (TPSA) is 70.0 Å². The molecule has 0 spiro atoms. The predicted octanol–water partition coefficient (Wildman–Crippen LogP) is 1.63. The predicted molar refractivity (Wildman–Crippen MR) is 75.0 cm³/mol. The number of aromatic hydroxyl groups is 1. The lowest BCUT2D eigenvalue weighted by Gasteiger charge is -2.25. The number of ether oxygens (including phenoxy) is 1. The number of carbonyl (C=O) groups excluding carboxylic acids is 1. The zero-order valence-electron chi connectivity index (χ0n) is 12.1. The van der Waals surface area contributed by atoms with Crippen LogP contribution in [0, 0.1) is 5.92 Å². The van der Waals surface area contributed by atoms with E-state index < -0.39 is 5.60 Å². The number of phenols is 1. The van der Waals surface area contributed by atoms with Crippen molar-refractivity contribution >= 4 is 5.91 Å². The summed E-state index contributed by atoms with van der Waals surface area (Å²) in [6, 6.07) is 4.64. The van der Waals surface area contributed by atoms with Crippen LogP contribution >= 0.6 is 0 Å². The van der Waals surface area contributed by atoms with Gasteiger partial charge in [-0.15, -0.1) is 0 Å². The number of rotatable bonds is 3. The monoisotopic (exact) mass is 279 g/mol. The van der Waals surface area contributed by atoms with Crippen LogP contribution in [-0.4, -0.2) is 46.8 Å². The van der Waals surface area contributed by atoms with Crippen LogP contribution in [0.2, 0.25) is 0 Å². The summed E-state index contributed by atoms with van der Waals surface area (Å²) >= 11 is 0. The van der Waals surface area contributed by atoms with Crippen LogP contribution in [0.1, 0.15) is 30.6 Å². The zero-order valence-corrected chi connectivity index (χ0v) is 12.1. The molecule has 2 rings (SSSR count). The number of carbonyl (C=O) groups is 1. The Labute approximate surface area is 118 Å². The molecule has 1 aliphatic rings. The van der Waals surface area contributed by atoms with Gasteiger partial charge in [0.25, 0.3) is 5.91 Å². The molecule has 1 aromatic rings. The van der Waals surface area contributed by atoms with Crippen molar-refractivity contribution < 1.29 is 19.7 Å². The minimum absolute atomic E-state index is 0.0619. The van der Waals surface area contributed by atoms with Gasteiger partial charge in [0.15, 0.2) is 0 Å². The molecule has 1 atom stereocenters. The van der Waals surface area contributed by atoms with E-state index in [1.165, 1.54) is 13.2 Å². The highest BCUT2D eigenvalue weighted by Gasteiger charge is 2.36. The van der Waals surface area contributed by atoms with Crippen molar-refractivity contribution in [3.63, 3.8) is 0 Å². The molecule has 0 radical (unpaired) electrons. The van der Waals surface area contributed by atoms with Gasteiger partial charge in [0.2, 0.25) is 0 Å². The normalized spacial score (nSPS) is 19.2. The van der Waals surface area contributed by atoms with E-state index in [-0.39, 0.29) is 23.1 Å². The summed E-state index contributed by atoms with van der Waals surface area (Å²) in [6.07, 6.45) is 0.770. The fraction of sp³-hybridized carbons (Fsp3) is 0.533. The van der Waals surface area contributed by atoms with Gasteiger partial charge in [0.05, 0.1) is 18.3 Å². The Morgan fingerprint density at radius 1 is 1.45 bits per heavy atom. The summed E-state index contributed by atoms with van der Waals surface area (Å²) in [4.78, 5) is 14.1. The van der Waals surface area contributed by atoms with Crippen molar-refractivity contribution in [2.75, 3.05) is 20.2 Å². The number of amides is 1. The maximum absolute atomic E-state index is 12.4. The molecule has 5 heteroatoms. The van der Waals surface area contributed by atoms with E-state index in [1.807, 2.05) is 0 Å². The van der Waals surface area contributed by atoms with E-state index in [0.717, 1.165) is 6.42 Å². The number of nitrogens with zero attached hydrogens (tertiary/aromatic N) is 1.